The summed E-state index contributed by atoms with van der Waals surface area (Å²) < 4.78 is 30.8. The van der Waals surface area contributed by atoms with Crippen molar-refractivity contribution < 1.29 is 32.7 Å². The lowest BCUT2D eigenvalue weighted by atomic mass is 9.97. The Hall–Kier alpha value is -3.34. The quantitative estimate of drug-likeness (QED) is 0.361. The van der Waals surface area contributed by atoms with Gasteiger partial charge in [-0.1, -0.05) is 32.4 Å². The first-order chi connectivity index (χ1) is 15.3. The lowest BCUT2D eigenvalue weighted by Gasteiger charge is -2.31. The number of carbonyl (C=O) groups excluding carboxylic acids is 3. The Kier molecular flexibility index (Phi) is 5.27. The number of anilines is 1. The highest BCUT2D eigenvalue weighted by Gasteiger charge is 2.44. The summed E-state index contributed by atoms with van der Waals surface area (Å²) in [5, 5.41) is 5.28. The number of nitrogens with zero attached hydrogens (tertiary/aromatic N) is 2. The van der Waals surface area contributed by atoms with Crippen molar-refractivity contribution in [1.29, 1.82) is 0 Å². The fraction of sp³-hybridized carbons (Fsp3) is 0.429. The van der Waals surface area contributed by atoms with Gasteiger partial charge < -0.3 is 24.5 Å². The molecule has 0 radical (unpaired) electrons. The van der Waals surface area contributed by atoms with Crippen LogP contribution >= 0.6 is 11.6 Å². The Labute approximate surface area is 193 Å². The molecule has 1 aromatic heterocycles. The number of hydrogen-bond donors (Lipinski definition) is 2. The van der Waals surface area contributed by atoms with Crippen LogP contribution in [0.25, 0.3) is 11.1 Å². The highest BCUT2D eigenvalue weighted by atomic mass is 35.5. The van der Waals surface area contributed by atoms with E-state index in [1.807, 2.05) is 20.8 Å². The van der Waals surface area contributed by atoms with Crippen molar-refractivity contribution >= 4 is 46.4 Å². The number of nitrogens with one attached hydrogen (secondary N) is 2. The highest BCUT2D eigenvalue weighted by molar-refractivity contribution is 6.35. The van der Waals surface area contributed by atoms with Gasteiger partial charge in [0.05, 0.1) is 5.02 Å². The van der Waals surface area contributed by atoms with Gasteiger partial charge in [0.25, 0.3) is 5.79 Å². The van der Waals surface area contributed by atoms with E-state index in [4.69, 9.17) is 25.5 Å². The zero-order chi connectivity index (χ0) is 24.3. The third-order valence-electron chi connectivity index (χ3n) is 4.91. The minimum Gasteiger partial charge on any atom is -0.438 e. The number of esters is 2. The topological polar surface area (TPSA) is 123 Å². The van der Waals surface area contributed by atoms with E-state index < -0.39 is 40.6 Å². The third-order valence-corrected chi connectivity index (χ3v) is 5.20. The minimum atomic E-state index is -1.43. The van der Waals surface area contributed by atoms with E-state index in [1.54, 1.807) is 0 Å². The van der Waals surface area contributed by atoms with E-state index in [9.17, 15) is 18.8 Å². The maximum atomic E-state index is 14.8. The monoisotopic (exact) mass is 480 g/mol. The second kappa shape index (κ2) is 7.62. The molecule has 2 N–H and O–H groups in total. The molecule has 10 nitrogen and oxygen atoms in total. The number of cyclic esters (lactones) is 2. The molecule has 33 heavy (non-hydrogen) atoms. The molecule has 3 heterocycles. The Morgan fingerprint density at radius 1 is 1.27 bits per heavy atom. The molecule has 0 unspecified atom stereocenters. The maximum Gasteiger partial charge on any atom is 0.352 e. The van der Waals surface area contributed by atoms with Crippen LogP contribution in [0.2, 0.25) is 5.02 Å². The van der Waals surface area contributed by atoms with E-state index in [0.29, 0.717) is 5.89 Å². The third kappa shape index (κ3) is 4.08. The molecule has 12 heteroatoms. The van der Waals surface area contributed by atoms with Crippen LogP contribution in [0.5, 0.6) is 0 Å². The van der Waals surface area contributed by atoms with Crippen molar-refractivity contribution in [3.8, 4) is 0 Å². The number of carbonyl (C=O) groups is 3. The van der Waals surface area contributed by atoms with Crippen LogP contribution in [0.4, 0.5) is 14.9 Å². The van der Waals surface area contributed by atoms with Crippen LogP contribution in [0.1, 0.15) is 40.5 Å². The maximum absolute atomic E-state index is 14.8. The molecule has 2 aliphatic rings. The smallest absolute Gasteiger partial charge is 0.352 e. The summed E-state index contributed by atoms with van der Waals surface area (Å²) in [4.78, 5) is 43.3. The average Bonchev–Trinajstić information content (AvgIpc) is 3.31. The van der Waals surface area contributed by atoms with Crippen molar-refractivity contribution in [1.82, 2.24) is 15.2 Å². The van der Waals surface area contributed by atoms with E-state index in [-0.39, 0.29) is 40.7 Å². The molecule has 0 saturated carbocycles. The highest BCUT2D eigenvalue weighted by Crippen LogP contribution is 2.36. The number of hydrogen-bond acceptors (Lipinski definition) is 8. The number of urea groups is 1. The molecular formula is C21H22ClFN4O6. The normalized spacial score (nSPS) is 18.3. The number of aromatic nitrogens is 1. The molecule has 2 fully saturated rings. The van der Waals surface area contributed by atoms with Gasteiger partial charge in [0.1, 0.15) is 17.0 Å². The number of benzene rings is 1. The van der Waals surface area contributed by atoms with Gasteiger partial charge in [0.2, 0.25) is 5.89 Å². The molecule has 0 atom stereocenters. The van der Waals surface area contributed by atoms with E-state index in [2.05, 4.69) is 15.6 Å². The summed E-state index contributed by atoms with van der Waals surface area (Å²) in [6.07, 6.45) is 0. The molecule has 0 aliphatic carbocycles. The molecule has 0 spiro atoms. The van der Waals surface area contributed by atoms with Gasteiger partial charge in [0.15, 0.2) is 17.0 Å². The van der Waals surface area contributed by atoms with E-state index in [1.165, 1.54) is 13.8 Å². The van der Waals surface area contributed by atoms with Crippen LogP contribution < -0.4 is 10.6 Å². The summed E-state index contributed by atoms with van der Waals surface area (Å²) in [6.45, 7) is 8.74. The first-order valence-electron chi connectivity index (χ1n) is 10.1. The number of ether oxygens (including phenoxy) is 2. The van der Waals surface area contributed by atoms with Gasteiger partial charge in [-0.15, -0.1) is 0 Å². The minimum absolute atomic E-state index is 0.0284. The summed E-state index contributed by atoms with van der Waals surface area (Å²) in [5.41, 5.74) is -1.06. The lowest BCUT2D eigenvalue weighted by Crippen LogP contribution is -2.45. The number of fused-ring (bicyclic) bond motifs is 1. The van der Waals surface area contributed by atoms with Crippen molar-refractivity contribution in [2.45, 2.75) is 45.8 Å². The number of oxazole rings is 1. The molecule has 176 valence electrons. The fourth-order valence-electron chi connectivity index (χ4n) is 3.39. The Bertz CT molecular complexity index is 1210. The predicted molar refractivity (Wildman–Crippen MR) is 115 cm³/mol. The summed E-state index contributed by atoms with van der Waals surface area (Å²) in [6, 6.07) is 0.206. The second-order valence-corrected chi connectivity index (χ2v) is 9.48. The van der Waals surface area contributed by atoms with Crippen molar-refractivity contribution in [2.75, 3.05) is 18.4 Å². The van der Waals surface area contributed by atoms with Crippen LogP contribution in [-0.2, 0) is 24.5 Å². The van der Waals surface area contributed by atoms with Crippen LogP contribution in [0, 0.1) is 5.82 Å². The SMILES string of the molecule is CC1(C)OC(=O)C(=C2NCCN2C(=O)Nc2c(F)cc(Cl)c3nc(C(C)(C)C)oc23)C(=O)O1. The molecule has 0 bridgehead atoms. The zero-order valence-corrected chi connectivity index (χ0v) is 19.3. The summed E-state index contributed by atoms with van der Waals surface area (Å²) in [7, 11) is 0. The number of amides is 2. The predicted octanol–water partition coefficient (Wildman–Crippen LogP) is 3.40. The van der Waals surface area contributed by atoms with Crippen LogP contribution in [0.15, 0.2) is 21.9 Å². The Morgan fingerprint density at radius 2 is 1.91 bits per heavy atom. The average molecular weight is 481 g/mol. The van der Waals surface area contributed by atoms with Crippen LogP contribution in [0.3, 0.4) is 0 Å². The van der Waals surface area contributed by atoms with Crippen molar-refractivity contribution in [3.05, 3.63) is 34.2 Å². The Balaban J connectivity index is 1.71. The molecule has 2 amide bonds. The Morgan fingerprint density at radius 3 is 2.52 bits per heavy atom. The number of rotatable bonds is 1. The van der Waals surface area contributed by atoms with Gasteiger partial charge in [-0.05, 0) is 6.07 Å². The molecule has 2 aliphatic heterocycles. The van der Waals surface area contributed by atoms with Crippen molar-refractivity contribution in [2.24, 2.45) is 0 Å². The molecule has 2 aromatic rings. The van der Waals surface area contributed by atoms with Gasteiger partial charge >= 0.3 is 18.0 Å². The van der Waals surface area contributed by atoms with E-state index >= 15 is 0 Å². The molecule has 1 aromatic carbocycles. The van der Waals surface area contributed by atoms with Crippen molar-refractivity contribution in [3.63, 3.8) is 0 Å². The molecule has 2 saturated heterocycles. The van der Waals surface area contributed by atoms with Crippen LogP contribution in [-0.4, -0.2) is 46.7 Å². The van der Waals surface area contributed by atoms with Gasteiger partial charge in [-0.25, -0.2) is 23.8 Å². The van der Waals surface area contributed by atoms with Gasteiger partial charge in [-0.2, -0.15) is 0 Å². The first-order valence-corrected chi connectivity index (χ1v) is 10.5. The first kappa shape index (κ1) is 22.8. The zero-order valence-electron chi connectivity index (χ0n) is 18.6. The molecular weight excluding hydrogens is 459 g/mol. The van der Waals surface area contributed by atoms with Gasteiger partial charge in [-0.3, -0.25) is 4.90 Å². The standard InChI is InChI=1S/C21H22ClFN4O6/c1-20(2,3)18-25-12-9(22)8-10(23)13(14(12)31-18)26-19(30)27-7-6-24-15(27)11-16(28)32-21(4,5)33-17(11)29/h8,24H,6-7H2,1-5H3,(H,26,30). The number of halogens is 2. The fourth-order valence-corrected chi connectivity index (χ4v) is 3.61. The summed E-state index contributed by atoms with van der Waals surface area (Å²) in [5.74, 6) is -3.94. The second-order valence-electron chi connectivity index (χ2n) is 9.07. The van der Waals surface area contributed by atoms with E-state index in [0.717, 1.165) is 11.0 Å². The largest absolute Gasteiger partial charge is 0.438 e. The van der Waals surface area contributed by atoms with Gasteiger partial charge in [0, 0.05) is 32.4 Å². The molecule has 4 rings (SSSR count). The lowest BCUT2D eigenvalue weighted by molar-refractivity contribution is -0.222. The summed E-state index contributed by atoms with van der Waals surface area (Å²) >= 11 is 6.14.